The Balaban J connectivity index is 2.18. The number of benzene rings is 1. The molecular weight excluding hydrogens is 267 g/mol. The summed E-state index contributed by atoms with van der Waals surface area (Å²) in [7, 11) is 1.96. The topological polar surface area (TPSA) is 36.4 Å². The van der Waals surface area contributed by atoms with Crippen LogP contribution in [0.3, 0.4) is 0 Å². The predicted molar refractivity (Wildman–Crippen MR) is 83.0 cm³/mol. The van der Waals surface area contributed by atoms with Crippen molar-refractivity contribution in [3.05, 3.63) is 59.2 Å². The smallest absolute Gasteiger partial charge is 0.126 e. The highest BCUT2D eigenvalue weighted by atomic mass is 19.1. The van der Waals surface area contributed by atoms with E-state index in [0.717, 1.165) is 18.7 Å². The van der Waals surface area contributed by atoms with Gasteiger partial charge in [0.1, 0.15) is 5.82 Å². The number of aliphatic hydroxyl groups excluding tert-OH is 1. The molecule has 112 valence electrons. The summed E-state index contributed by atoms with van der Waals surface area (Å²) >= 11 is 0. The van der Waals surface area contributed by atoms with Crippen molar-refractivity contribution in [1.82, 2.24) is 4.98 Å². The van der Waals surface area contributed by atoms with Gasteiger partial charge in [0, 0.05) is 37.2 Å². The number of rotatable bonds is 5. The van der Waals surface area contributed by atoms with E-state index in [1.54, 1.807) is 32.3 Å². The molecule has 0 amide bonds. The van der Waals surface area contributed by atoms with Crippen LogP contribution in [-0.4, -0.2) is 23.7 Å². The lowest BCUT2D eigenvalue weighted by Gasteiger charge is -2.24. The molecule has 1 atom stereocenters. The van der Waals surface area contributed by atoms with E-state index >= 15 is 0 Å². The van der Waals surface area contributed by atoms with Gasteiger partial charge in [0.15, 0.2) is 0 Å². The normalized spacial score (nSPS) is 12.2. The zero-order valence-electron chi connectivity index (χ0n) is 12.7. The highest BCUT2D eigenvalue weighted by Crippen LogP contribution is 2.28. The van der Waals surface area contributed by atoms with Crippen LogP contribution in [0.2, 0.25) is 0 Å². The average molecular weight is 288 g/mol. The molecular formula is C17H21FN2O. The minimum Gasteiger partial charge on any atom is -0.389 e. The highest BCUT2D eigenvalue weighted by Gasteiger charge is 2.14. The van der Waals surface area contributed by atoms with Crippen LogP contribution in [-0.2, 0) is 6.42 Å². The Morgan fingerprint density at radius 3 is 2.57 bits per heavy atom. The lowest BCUT2D eigenvalue weighted by molar-refractivity contribution is 0.199. The fourth-order valence-corrected chi connectivity index (χ4v) is 2.31. The van der Waals surface area contributed by atoms with Gasteiger partial charge in [-0.2, -0.15) is 0 Å². The molecule has 0 saturated carbocycles. The maximum Gasteiger partial charge on any atom is 0.126 e. The number of aliphatic hydroxyl groups is 1. The molecule has 0 aliphatic rings. The van der Waals surface area contributed by atoms with Crippen molar-refractivity contribution in [2.24, 2.45) is 0 Å². The Morgan fingerprint density at radius 1 is 1.29 bits per heavy atom. The second-order valence-corrected chi connectivity index (χ2v) is 5.36. The van der Waals surface area contributed by atoms with Gasteiger partial charge < -0.3 is 10.0 Å². The number of hydrogen-bond donors (Lipinski definition) is 1. The Morgan fingerprint density at radius 2 is 1.95 bits per heavy atom. The molecule has 21 heavy (non-hydrogen) atoms. The SMILES string of the molecule is Cc1cc(N(C)CCc2ccncc2)c([C@@H](C)O)cc1F. The molecule has 0 aliphatic heterocycles. The van der Waals surface area contributed by atoms with E-state index in [9.17, 15) is 9.50 Å². The molecule has 0 fully saturated rings. The molecule has 1 aromatic carbocycles. The molecule has 0 spiro atoms. The van der Waals surface area contributed by atoms with Gasteiger partial charge in [0.05, 0.1) is 6.10 Å². The second-order valence-electron chi connectivity index (χ2n) is 5.36. The fraction of sp³-hybridized carbons (Fsp3) is 0.353. The summed E-state index contributed by atoms with van der Waals surface area (Å²) in [5.74, 6) is -0.280. The largest absolute Gasteiger partial charge is 0.389 e. The van der Waals surface area contributed by atoms with E-state index in [4.69, 9.17) is 0 Å². The number of pyridine rings is 1. The number of anilines is 1. The number of aryl methyl sites for hydroxylation is 1. The van der Waals surface area contributed by atoms with Crippen LogP contribution in [0.25, 0.3) is 0 Å². The van der Waals surface area contributed by atoms with Crippen molar-refractivity contribution in [3.63, 3.8) is 0 Å². The number of nitrogens with zero attached hydrogens (tertiary/aromatic N) is 2. The number of likely N-dealkylation sites (N-methyl/N-ethyl adjacent to an activating group) is 1. The summed E-state index contributed by atoms with van der Waals surface area (Å²) in [5, 5.41) is 9.85. The van der Waals surface area contributed by atoms with Gasteiger partial charge in [0.2, 0.25) is 0 Å². The van der Waals surface area contributed by atoms with Gasteiger partial charge in [-0.1, -0.05) is 0 Å². The van der Waals surface area contributed by atoms with E-state index < -0.39 is 6.10 Å². The van der Waals surface area contributed by atoms with E-state index in [-0.39, 0.29) is 5.82 Å². The van der Waals surface area contributed by atoms with Crippen molar-refractivity contribution in [3.8, 4) is 0 Å². The summed E-state index contributed by atoms with van der Waals surface area (Å²) in [4.78, 5) is 6.05. The van der Waals surface area contributed by atoms with Gasteiger partial charge >= 0.3 is 0 Å². The Kier molecular flexibility index (Phi) is 4.91. The minimum atomic E-state index is -0.696. The molecule has 2 aromatic rings. The molecule has 0 aliphatic carbocycles. The van der Waals surface area contributed by atoms with Gasteiger partial charge in [-0.05, 0) is 55.7 Å². The van der Waals surface area contributed by atoms with Crippen LogP contribution in [0, 0.1) is 12.7 Å². The van der Waals surface area contributed by atoms with Crippen LogP contribution in [0.15, 0.2) is 36.7 Å². The molecule has 0 unspecified atom stereocenters. The maximum atomic E-state index is 13.7. The quantitative estimate of drug-likeness (QED) is 0.917. The average Bonchev–Trinajstić information content (AvgIpc) is 2.48. The summed E-state index contributed by atoms with van der Waals surface area (Å²) < 4.78 is 13.7. The molecule has 0 saturated heterocycles. The first-order valence-corrected chi connectivity index (χ1v) is 7.07. The Labute approximate surface area is 125 Å². The van der Waals surface area contributed by atoms with E-state index in [1.807, 2.05) is 19.2 Å². The van der Waals surface area contributed by atoms with Crippen molar-refractivity contribution in [1.29, 1.82) is 0 Å². The van der Waals surface area contributed by atoms with Crippen molar-refractivity contribution >= 4 is 5.69 Å². The molecule has 1 N–H and O–H groups in total. The monoisotopic (exact) mass is 288 g/mol. The van der Waals surface area contributed by atoms with Gasteiger partial charge in [-0.3, -0.25) is 4.98 Å². The lowest BCUT2D eigenvalue weighted by Crippen LogP contribution is -2.22. The van der Waals surface area contributed by atoms with Crippen LogP contribution in [0.1, 0.15) is 29.7 Å². The van der Waals surface area contributed by atoms with Gasteiger partial charge in [-0.15, -0.1) is 0 Å². The van der Waals surface area contributed by atoms with Crippen molar-refractivity contribution in [2.45, 2.75) is 26.4 Å². The molecule has 1 heterocycles. The van der Waals surface area contributed by atoms with Crippen LogP contribution >= 0.6 is 0 Å². The molecule has 0 bridgehead atoms. The summed E-state index contributed by atoms with van der Waals surface area (Å²) in [6.45, 7) is 4.18. The molecule has 4 heteroatoms. The minimum absolute atomic E-state index is 0.280. The lowest BCUT2D eigenvalue weighted by atomic mass is 10.0. The van der Waals surface area contributed by atoms with Crippen LogP contribution < -0.4 is 4.90 Å². The summed E-state index contributed by atoms with van der Waals surface area (Å²) in [6, 6.07) is 7.20. The van der Waals surface area contributed by atoms with Crippen LogP contribution in [0.4, 0.5) is 10.1 Å². The number of halogens is 1. The number of hydrogen-bond acceptors (Lipinski definition) is 3. The van der Waals surface area contributed by atoms with Crippen molar-refractivity contribution in [2.75, 3.05) is 18.5 Å². The molecule has 0 radical (unpaired) electrons. The third-order valence-electron chi connectivity index (χ3n) is 3.65. The third kappa shape index (κ3) is 3.79. The molecule has 1 aromatic heterocycles. The van der Waals surface area contributed by atoms with Gasteiger partial charge in [0.25, 0.3) is 0 Å². The van der Waals surface area contributed by atoms with Gasteiger partial charge in [-0.25, -0.2) is 4.39 Å². The fourth-order valence-electron chi connectivity index (χ4n) is 2.31. The molecule has 2 rings (SSSR count). The van der Waals surface area contributed by atoms with E-state index in [2.05, 4.69) is 9.88 Å². The van der Waals surface area contributed by atoms with Crippen molar-refractivity contribution < 1.29 is 9.50 Å². The second kappa shape index (κ2) is 6.68. The maximum absolute atomic E-state index is 13.7. The summed E-state index contributed by atoms with van der Waals surface area (Å²) in [5.41, 5.74) is 3.28. The zero-order valence-corrected chi connectivity index (χ0v) is 12.7. The first-order valence-electron chi connectivity index (χ1n) is 7.07. The summed E-state index contributed by atoms with van der Waals surface area (Å²) in [6.07, 6.45) is 3.73. The van der Waals surface area contributed by atoms with E-state index in [1.165, 1.54) is 11.6 Å². The standard InChI is InChI=1S/C17H21FN2O/c1-12-10-17(15(13(2)21)11-16(12)18)20(3)9-6-14-4-7-19-8-5-14/h4-5,7-8,10-11,13,21H,6,9H2,1-3H3/t13-/m1/s1. The van der Waals surface area contributed by atoms with Crippen LogP contribution in [0.5, 0.6) is 0 Å². The first kappa shape index (κ1) is 15.4. The zero-order chi connectivity index (χ0) is 15.4. The predicted octanol–water partition coefficient (Wildman–Crippen LogP) is 3.26. The third-order valence-corrected chi connectivity index (χ3v) is 3.65. The molecule has 3 nitrogen and oxygen atoms in total. The van der Waals surface area contributed by atoms with E-state index in [0.29, 0.717) is 11.1 Å². The first-order chi connectivity index (χ1) is 9.99. The highest BCUT2D eigenvalue weighted by molar-refractivity contribution is 5.56. The number of aromatic nitrogens is 1. The Hall–Kier alpha value is -1.94. The Bertz CT molecular complexity index is 599.